The van der Waals surface area contributed by atoms with E-state index in [4.69, 9.17) is 4.52 Å². The lowest BCUT2D eigenvalue weighted by atomic mass is 10.2. The van der Waals surface area contributed by atoms with Crippen LogP contribution in [0.2, 0.25) is 0 Å². The van der Waals surface area contributed by atoms with Crippen molar-refractivity contribution in [2.75, 3.05) is 19.9 Å². The molecule has 1 aromatic heterocycles. The molecule has 8 heteroatoms. The van der Waals surface area contributed by atoms with Gasteiger partial charge in [0.15, 0.2) is 0 Å². The smallest absolute Gasteiger partial charge is 0.326 e. The molecular weight excluding hydrogens is 344 g/mol. The van der Waals surface area contributed by atoms with E-state index in [2.05, 4.69) is 15.9 Å². The lowest BCUT2D eigenvalue weighted by Gasteiger charge is -2.36. The molecule has 4 rings (SSSR count). The Morgan fingerprint density at radius 1 is 1.15 bits per heavy atom. The summed E-state index contributed by atoms with van der Waals surface area (Å²) in [7, 11) is 0. The fourth-order valence-electron chi connectivity index (χ4n) is 3.37. The van der Waals surface area contributed by atoms with Crippen LogP contribution < -0.4 is 10.7 Å². The van der Waals surface area contributed by atoms with E-state index in [-0.39, 0.29) is 6.03 Å². The maximum Gasteiger partial charge on any atom is 0.326 e. The summed E-state index contributed by atoms with van der Waals surface area (Å²) >= 11 is 0. The maximum atomic E-state index is 12.9. The van der Waals surface area contributed by atoms with Crippen LogP contribution in [-0.2, 0) is 13.1 Å². The number of aromatic nitrogens is 1. The van der Waals surface area contributed by atoms with Gasteiger partial charge in [-0.05, 0) is 19.4 Å². The standard InChI is InChI=1S/C19H24N6O2/c1-14-18(15(2)27-22-14)11-24-10-17(8-21-24)25-13-20-12-23(19(25)26)9-16-6-4-3-5-7-16/h3-7,10,20-21H,8-9,11-13H2,1-2H3. The molecule has 0 spiro atoms. The van der Waals surface area contributed by atoms with Gasteiger partial charge in [0.2, 0.25) is 0 Å². The molecule has 2 aliphatic heterocycles. The van der Waals surface area contributed by atoms with Crippen LogP contribution in [0.1, 0.15) is 22.6 Å². The number of carbonyl (C=O) groups is 1. The summed E-state index contributed by atoms with van der Waals surface area (Å²) in [6, 6.07) is 10.1. The van der Waals surface area contributed by atoms with E-state index in [0.717, 1.165) is 28.3 Å². The van der Waals surface area contributed by atoms with Gasteiger partial charge in [-0.1, -0.05) is 35.5 Å². The minimum atomic E-state index is 0.0184. The second-order valence-corrected chi connectivity index (χ2v) is 6.85. The SMILES string of the molecule is Cc1noc(C)c1CN1C=C(N2CNCN(Cc3ccccc3)C2=O)CN1. The first-order chi connectivity index (χ1) is 13.1. The molecule has 27 heavy (non-hydrogen) atoms. The van der Waals surface area contributed by atoms with Crippen molar-refractivity contribution in [3.63, 3.8) is 0 Å². The summed E-state index contributed by atoms with van der Waals surface area (Å²) in [5.74, 6) is 0.820. The molecule has 142 valence electrons. The van der Waals surface area contributed by atoms with Crippen LogP contribution in [0, 0.1) is 13.8 Å². The molecule has 8 nitrogen and oxygen atoms in total. The van der Waals surface area contributed by atoms with E-state index in [1.807, 2.05) is 60.3 Å². The van der Waals surface area contributed by atoms with Gasteiger partial charge in [0.05, 0.1) is 37.8 Å². The van der Waals surface area contributed by atoms with Crippen LogP contribution >= 0.6 is 0 Å². The monoisotopic (exact) mass is 368 g/mol. The molecule has 1 aromatic carbocycles. The van der Waals surface area contributed by atoms with Gasteiger partial charge < -0.3 is 14.4 Å². The summed E-state index contributed by atoms with van der Waals surface area (Å²) in [5, 5.41) is 9.29. The van der Waals surface area contributed by atoms with Crippen LogP contribution in [-0.4, -0.2) is 45.9 Å². The van der Waals surface area contributed by atoms with Crippen molar-refractivity contribution in [3.05, 3.63) is 64.8 Å². The van der Waals surface area contributed by atoms with Gasteiger partial charge in [0.1, 0.15) is 5.76 Å². The number of nitrogens with zero attached hydrogens (tertiary/aromatic N) is 4. The highest BCUT2D eigenvalue weighted by Gasteiger charge is 2.30. The summed E-state index contributed by atoms with van der Waals surface area (Å²) < 4.78 is 5.23. The number of hydrogen-bond acceptors (Lipinski definition) is 6. The lowest BCUT2D eigenvalue weighted by molar-refractivity contribution is 0.128. The average molecular weight is 368 g/mol. The number of aryl methyl sites for hydroxylation is 2. The van der Waals surface area contributed by atoms with Crippen molar-refractivity contribution < 1.29 is 9.32 Å². The molecule has 2 aromatic rings. The molecule has 0 bridgehead atoms. The van der Waals surface area contributed by atoms with E-state index in [1.54, 1.807) is 4.90 Å². The Bertz CT molecular complexity index is 828. The fourth-order valence-corrected chi connectivity index (χ4v) is 3.37. The zero-order chi connectivity index (χ0) is 18.8. The molecular formula is C19H24N6O2. The van der Waals surface area contributed by atoms with E-state index >= 15 is 0 Å². The zero-order valence-corrected chi connectivity index (χ0v) is 15.6. The van der Waals surface area contributed by atoms with Crippen LogP contribution in [0.5, 0.6) is 0 Å². The minimum absolute atomic E-state index is 0.0184. The third-order valence-electron chi connectivity index (χ3n) is 4.91. The van der Waals surface area contributed by atoms with Crippen molar-refractivity contribution in [2.24, 2.45) is 0 Å². The van der Waals surface area contributed by atoms with Crippen LogP contribution in [0.3, 0.4) is 0 Å². The topological polar surface area (TPSA) is 76.9 Å². The van der Waals surface area contributed by atoms with E-state index in [1.165, 1.54) is 0 Å². The number of benzene rings is 1. The van der Waals surface area contributed by atoms with Gasteiger partial charge in [-0.25, -0.2) is 10.2 Å². The Labute approximate surface area is 158 Å². The van der Waals surface area contributed by atoms with Crippen molar-refractivity contribution in [2.45, 2.75) is 26.9 Å². The highest BCUT2D eigenvalue weighted by atomic mass is 16.5. The second kappa shape index (κ2) is 7.42. The Balaban J connectivity index is 1.44. The highest BCUT2D eigenvalue weighted by molar-refractivity contribution is 5.77. The molecule has 2 amide bonds. The first kappa shape index (κ1) is 17.6. The largest absolute Gasteiger partial charge is 0.361 e. The third-order valence-corrected chi connectivity index (χ3v) is 4.91. The van der Waals surface area contributed by atoms with Crippen molar-refractivity contribution >= 4 is 6.03 Å². The minimum Gasteiger partial charge on any atom is -0.361 e. The number of nitrogens with one attached hydrogen (secondary N) is 2. The first-order valence-corrected chi connectivity index (χ1v) is 9.05. The summed E-state index contributed by atoms with van der Waals surface area (Å²) in [6.07, 6.45) is 1.98. The van der Waals surface area contributed by atoms with Gasteiger partial charge in [-0.3, -0.25) is 10.2 Å². The molecule has 1 fully saturated rings. The Morgan fingerprint density at radius 3 is 2.70 bits per heavy atom. The van der Waals surface area contributed by atoms with E-state index in [9.17, 15) is 4.79 Å². The molecule has 1 saturated heterocycles. The number of urea groups is 1. The molecule has 0 aliphatic carbocycles. The molecule has 0 unspecified atom stereocenters. The molecule has 2 N–H and O–H groups in total. The summed E-state index contributed by atoms with van der Waals surface area (Å²) in [4.78, 5) is 16.5. The quantitative estimate of drug-likeness (QED) is 0.839. The predicted molar refractivity (Wildman–Crippen MR) is 99.7 cm³/mol. The Morgan fingerprint density at radius 2 is 1.96 bits per heavy atom. The lowest BCUT2D eigenvalue weighted by Crippen LogP contribution is -2.55. The van der Waals surface area contributed by atoms with E-state index < -0.39 is 0 Å². The highest BCUT2D eigenvalue weighted by Crippen LogP contribution is 2.20. The molecule has 3 heterocycles. The van der Waals surface area contributed by atoms with Gasteiger partial charge in [0.25, 0.3) is 0 Å². The molecule has 0 radical (unpaired) electrons. The number of rotatable bonds is 5. The molecule has 0 atom stereocenters. The second-order valence-electron chi connectivity index (χ2n) is 6.85. The predicted octanol–water partition coefficient (Wildman–Crippen LogP) is 1.90. The van der Waals surface area contributed by atoms with Crippen molar-refractivity contribution in [3.8, 4) is 0 Å². The zero-order valence-electron chi connectivity index (χ0n) is 15.6. The number of hydrogen-bond donors (Lipinski definition) is 2. The van der Waals surface area contributed by atoms with Gasteiger partial charge in [-0.15, -0.1) is 0 Å². The number of carbonyl (C=O) groups excluding carboxylic acids is 1. The van der Waals surface area contributed by atoms with Gasteiger partial charge >= 0.3 is 6.03 Å². The first-order valence-electron chi connectivity index (χ1n) is 9.05. The Hall–Kier alpha value is -2.84. The van der Waals surface area contributed by atoms with Crippen LogP contribution in [0.15, 0.2) is 46.8 Å². The van der Waals surface area contributed by atoms with Crippen molar-refractivity contribution in [1.82, 2.24) is 30.7 Å². The number of amides is 2. The fraction of sp³-hybridized carbons (Fsp3) is 0.368. The van der Waals surface area contributed by atoms with E-state index in [0.29, 0.717) is 33.0 Å². The maximum absolute atomic E-state index is 12.9. The average Bonchev–Trinajstić information content (AvgIpc) is 3.26. The van der Waals surface area contributed by atoms with Gasteiger partial charge in [0, 0.05) is 18.3 Å². The van der Waals surface area contributed by atoms with Crippen molar-refractivity contribution in [1.29, 1.82) is 0 Å². The van der Waals surface area contributed by atoms with Crippen LogP contribution in [0.4, 0.5) is 4.79 Å². The van der Waals surface area contributed by atoms with Gasteiger partial charge in [-0.2, -0.15) is 0 Å². The number of hydrazine groups is 1. The summed E-state index contributed by atoms with van der Waals surface area (Å²) in [6.45, 7) is 6.75. The molecule has 2 aliphatic rings. The normalized spacial score (nSPS) is 17.6. The molecule has 0 saturated carbocycles. The van der Waals surface area contributed by atoms with Crippen LogP contribution in [0.25, 0.3) is 0 Å². The summed E-state index contributed by atoms with van der Waals surface area (Å²) in [5.41, 5.74) is 7.33. The Kier molecular flexibility index (Phi) is 4.83. The third kappa shape index (κ3) is 3.67.